The van der Waals surface area contributed by atoms with Crippen LogP contribution in [0.4, 0.5) is 5.69 Å². The van der Waals surface area contributed by atoms with Crippen LogP contribution in [0.15, 0.2) is 52.5 Å². The normalized spacial score (nSPS) is 14.3. The lowest BCUT2D eigenvalue weighted by Crippen LogP contribution is -2.25. The number of sulfonamides is 1. The molecule has 1 aliphatic heterocycles. The molecule has 1 aliphatic rings. The highest BCUT2D eigenvalue weighted by Crippen LogP contribution is 2.28. The Morgan fingerprint density at radius 3 is 2.64 bits per heavy atom. The lowest BCUT2D eigenvalue weighted by atomic mass is 10.1. The van der Waals surface area contributed by atoms with Crippen LogP contribution < -0.4 is 14.9 Å². The summed E-state index contributed by atoms with van der Waals surface area (Å²) in [6.07, 6.45) is 0. The minimum atomic E-state index is -3.74. The van der Waals surface area contributed by atoms with Gasteiger partial charge in [-0.2, -0.15) is 18.4 Å². The van der Waals surface area contributed by atoms with Crippen LogP contribution in [-0.4, -0.2) is 26.6 Å². The van der Waals surface area contributed by atoms with Crippen molar-refractivity contribution in [3.8, 4) is 5.75 Å². The van der Waals surface area contributed by atoms with Crippen molar-refractivity contribution in [2.45, 2.75) is 18.7 Å². The number of nitrogens with zero attached hydrogens (tertiary/aromatic N) is 1. The lowest BCUT2D eigenvalue weighted by Gasteiger charge is -2.18. The molecule has 2 N–H and O–H groups in total. The van der Waals surface area contributed by atoms with Crippen LogP contribution in [-0.2, 0) is 14.8 Å². The number of hydrogen-bond acceptors (Lipinski definition) is 5. The lowest BCUT2D eigenvalue weighted by molar-refractivity contribution is -0.118. The zero-order valence-electron chi connectivity index (χ0n) is 13.7. The first-order chi connectivity index (χ1) is 11.8. The first kappa shape index (κ1) is 17.0. The van der Waals surface area contributed by atoms with Gasteiger partial charge in [0.2, 0.25) is 0 Å². The SMILES string of the molecule is C/C(=N/NS(=O)(=O)c1ccc(C)cc1)c1ccc2c(c1)NC(=O)CO2. The van der Waals surface area contributed by atoms with E-state index in [9.17, 15) is 13.2 Å². The van der Waals surface area contributed by atoms with Gasteiger partial charge in [0.05, 0.1) is 16.3 Å². The predicted molar refractivity (Wildman–Crippen MR) is 94.3 cm³/mol. The Hall–Kier alpha value is -2.87. The summed E-state index contributed by atoms with van der Waals surface area (Å²) in [5.41, 5.74) is 2.62. The molecule has 8 heteroatoms. The molecule has 3 rings (SSSR count). The van der Waals surface area contributed by atoms with Crippen molar-refractivity contribution in [2.24, 2.45) is 5.10 Å². The van der Waals surface area contributed by atoms with E-state index in [1.807, 2.05) is 6.92 Å². The highest BCUT2D eigenvalue weighted by atomic mass is 32.2. The van der Waals surface area contributed by atoms with Gasteiger partial charge >= 0.3 is 0 Å². The fourth-order valence-electron chi connectivity index (χ4n) is 2.27. The molecule has 7 nitrogen and oxygen atoms in total. The summed E-state index contributed by atoms with van der Waals surface area (Å²) in [7, 11) is -3.74. The molecule has 0 aromatic heterocycles. The third kappa shape index (κ3) is 3.80. The number of amides is 1. The highest BCUT2D eigenvalue weighted by molar-refractivity contribution is 7.89. The van der Waals surface area contributed by atoms with Crippen molar-refractivity contribution in [1.29, 1.82) is 0 Å². The molecule has 0 unspecified atom stereocenters. The van der Waals surface area contributed by atoms with Gasteiger partial charge in [-0.05, 0) is 49.7 Å². The van der Waals surface area contributed by atoms with E-state index in [1.165, 1.54) is 12.1 Å². The van der Waals surface area contributed by atoms with Crippen molar-refractivity contribution < 1.29 is 17.9 Å². The number of benzene rings is 2. The highest BCUT2D eigenvalue weighted by Gasteiger charge is 2.17. The van der Waals surface area contributed by atoms with Crippen LogP contribution in [0.1, 0.15) is 18.1 Å². The molecule has 1 heterocycles. The number of hydrogen-bond donors (Lipinski definition) is 2. The summed E-state index contributed by atoms with van der Waals surface area (Å²) < 4.78 is 29.8. The number of carbonyl (C=O) groups excluding carboxylic acids is 1. The van der Waals surface area contributed by atoms with Crippen molar-refractivity contribution in [3.63, 3.8) is 0 Å². The average molecular weight is 359 g/mol. The van der Waals surface area contributed by atoms with Gasteiger partial charge in [-0.15, -0.1) is 0 Å². The van der Waals surface area contributed by atoms with Crippen LogP contribution in [0.2, 0.25) is 0 Å². The Kier molecular flexibility index (Phi) is 4.45. The van der Waals surface area contributed by atoms with E-state index in [0.717, 1.165) is 5.56 Å². The molecule has 0 saturated heterocycles. The summed E-state index contributed by atoms with van der Waals surface area (Å²) in [6.45, 7) is 3.53. The molecule has 0 fully saturated rings. The van der Waals surface area contributed by atoms with Crippen LogP contribution in [0.3, 0.4) is 0 Å². The standard InChI is InChI=1S/C17H17N3O4S/c1-11-3-6-14(7-4-11)25(22,23)20-19-12(2)13-5-8-16-15(9-13)18-17(21)10-24-16/h3-9,20H,10H2,1-2H3,(H,18,21)/b19-12-. The van der Waals surface area contributed by atoms with Gasteiger partial charge in [0, 0.05) is 0 Å². The van der Waals surface area contributed by atoms with E-state index in [2.05, 4.69) is 15.2 Å². The first-order valence-corrected chi connectivity index (χ1v) is 9.03. The van der Waals surface area contributed by atoms with Gasteiger partial charge in [-0.25, -0.2) is 0 Å². The van der Waals surface area contributed by atoms with Crippen molar-refractivity contribution >= 4 is 27.3 Å². The number of aryl methyl sites for hydroxylation is 1. The van der Waals surface area contributed by atoms with Crippen LogP contribution in [0.25, 0.3) is 0 Å². The monoisotopic (exact) mass is 359 g/mol. The second-order valence-corrected chi connectivity index (χ2v) is 7.31. The number of carbonyl (C=O) groups is 1. The zero-order chi connectivity index (χ0) is 18.0. The minimum Gasteiger partial charge on any atom is -0.482 e. The third-order valence-electron chi connectivity index (χ3n) is 3.70. The van der Waals surface area contributed by atoms with E-state index in [1.54, 1.807) is 37.3 Å². The van der Waals surface area contributed by atoms with E-state index >= 15 is 0 Å². The molecule has 0 saturated carbocycles. The molecule has 25 heavy (non-hydrogen) atoms. The average Bonchev–Trinajstić information content (AvgIpc) is 2.59. The fourth-order valence-corrected chi connectivity index (χ4v) is 3.13. The summed E-state index contributed by atoms with van der Waals surface area (Å²) in [5.74, 6) is 0.329. The molecule has 0 spiro atoms. The number of rotatable bonds is 4. The number of hydrazone groups is 1. The van der Waals surface area contributed by atoms with Crippen molar-refractivity contribution in [1.82, 2.24) is 4.83 Å². The Bertz CT molecular complexity index is 950. The van der Waals surface area contributed by atoms with E-state index in [4.69, 9.17) is 4.74 Å². The predicted octanol–water partition coefficient (Wildman–Crippen LogP) is 2.03. The van der Waals surface area contributed by atoms with Crippen LogP contribution in [0.5, 0.6) is 5.75 Å². The van der Waals surface area contributed by atoms with Gasteiger partial charge in [-0.1, -0.05) is 17.7 Å². The summed E-state index contributed by atoms with van der Waals surface area (Å²) in [5, 5.41) is 6.66. The zero-order valence-corrected chi connectivity index (χ0v) is 14.6. The molecule has 2 aromatic carbocycles. The largest absolute Gasteiger partial charge is 0.482 e. The fraction of sp³-hybridized carbons (Fsp3) is 0.176. The molecule has 1 amide bonds. The van der Waals surface area contributed by atoms with Crippen LogP contribution in [0, 0.1) is 6.92 Å². The molecule has 130 valence electrons. The maximum absolute atomic E-state index is 12.3. The quantitative estimate of drug-likeness (QED) is 0.645. The summed E-state index contributed by atoms with van der Waals surface area (Å²) in [6, 6.07) is 11.6. The Labute approximate surface area is 145 Å². The van der Waals surface area contributed by atoms with E-state index < -0.39 is 10.0 Å². The van der Waals surface area contributed by atoms with Crippen LogP contribution >= 0.6 is 0 Å². The molecule has 0 radical (unpaired) electrons. The molecule has 0 atom stereocenters. The number of fused-ring (bicyclic) bond motifs is 1. The van der Waals surface area contributed by atoms with Gasteiger partial charge in [0.15, 0.2) is 6.61 Å². The van der Waals surface area contributed by atoms with E-state index in [0.29, 0.717) is 22.7 Å². The minimum absolute atomic E-state index is 0.0181. The Morgan fingerprint density at radius 1 is 1.20 bits per heavy atom. The van der Waals surface area contributed by atoms with Gasteiger partial charge < -0.3 is 10.1 Å². The molecule has 0 bridgehead atoms. The first-order valence-electron chi connectivity index (χ1n) is 7.55. The molecule has 0 aliphatic carbocycles. The molecule has 2 aromatic rings. The second-order valence-electron chi connectivity index (χ2n) is 5.65. The number of ether oxygens (including phenoxy) is 1. The van der Waals surface area contributed by atoms with E-state index in [-0.39, 0.29) is 17.4 Å². The van der Waals surface area contributed by atoms with Gasteiger partial charge in [0.1, 0.15) is 5.75 Å². The third-order valence-corrected chi connectivity index (χ3v) is 4.92. The summed E-state index contributed by atoms with van der Waals surface area (Å²) in [4.78, 5) is 13.7. The topological polar surface area (TPSA) is 96.9 Å². The Morgan fingerprint density at radius 2 is 1.92 bits per heavy atom. The van der Waals surface area contributed by atoms with Crippen molar-refractivity contribution in [2.75, 3.05) is 11.9 Å². The molecular weight excluding hydrogens is 342 g/mol. The van der Waals surface area contributed by atoms with Gasteiger partial charge in [-0.3, -0.25) is 4.79 Å². The van der Waals surface area contributed by atoms with Gasteiger partial charge in [0.25, 0.3) is 15.9 Å². The smallest absolute Gasteiger partial charge is 0.276 e. The maximum atomic E-state index is 12.3. The Balaban J connectivity index is 1.81. The number of nitrogens with one attached hydrogen (secondary N) is 2. The molecular formula is C17H17N3O4S. The maximum Gasteiger partial charge on any atom is 0.276 e. The van der Waals surface area contributed by atoms with Crippen molar-refractivity contribution in [3.05, 3.63) is 53.6 Å². The second kappa shape index (κ2) is 6.56. The summed E-state index contributed by atoms with van der Waals surface area (Å²) >= 11 is 0. The number of anilines is 1.